The van der Waals surface area contributed by atoms with Gasteiger partial charge >= 0.3 is 12.5 Å². The topological polar surface area (TPSA) is 70.6 Å². The molecule has 1 aliphatic heterocycles. The highest BCUT2D eigenvalue weighted by molar-refractivity contribution is 5.95. The number of carbonyl (C=O) groups excluding carboxylic acids is 1. The summed E-state index contributed by atoms with van der Waals surface area (Å²) in [7, 11) is 1.32. The van der Waals surface area contributed by atoms with Crippen molar-refractivity contribution in [1.29, 1.82) is 0 Å². The summed E-state index contributed by atoms with van der Waals surface area (Å²) in [6, 6.07) is 9.10. The molecule has 0 unspecified atom stereocenters. The molecule has 7 nitrogen and oxygen atoms in total. The fourth-order valence-corrected chi connectivity index (χ4v) is 5.18. The van der Waals surface area contributed by atoms with E-state index in [1.165, 1.54) is 31.3 Å². The highest BCUT2D eigenvalue weighted by Gasteiger charge is 2.35. The molecule has 0 saturated carbocycles. The zero-order chi connectivity index (χ0) is 33.2. The molecule has 4 rings (SSSR count). The van der Waals surface area contributed by atoms with Crippen LogP contribution in [-0.2, 0) is 6.54 Å². The lowest BCUT2D eigenvalue weighted by Crippen LogP contribution is -2.54. The minimum atomic E-state index is -5.04. The molecule has 14 heteroatoms. The van der Waals surface area contributed by atoms with Crippen LogP contribution >= 0.6 is 0 Å². The Morgan fingerprint density at radius 2 is 1.78 bits per heavy atom. The molecule has 2 heterocycles. The lowest BCUT2D eigenvalue weighted by molar-refractivity contribution is -0.274. The van der Waals surface area contributed by atoms with Gasteiger partial charge in [-0.1, -0.05) is 12.0 Å². The molecule has 0 spiro atoms. The van der Waals surface area contributed by atoms with E-state index in [1.807, 2.05) is 25.7 Å². The van der Waals surface area contributed by atoms with Crippen LogP contribution < -0.4 is 20.7 Å². The van der Waals surface area contributed by atoms with Gasteiger partial charge in [-0.05, 0) is 69.5 Å². The molecule has 2 aromatic carbocycles. The monoisotopic (exact) mass is 641 g/mol. The number of hydrogen-bond donors (Lipinski definition) is 3. The number of nitrogens with one attached hydrogen (secondary N) is 3. The number of rotatable bonds is 7. The molecular weight excluding hydrogens is 607 g/mol. The smallest absolute Gasteiger partial charge is 0.404 e. The Hall–Kier alpha value is -4.12. The van der Waals surface area contributed by atoms with Gasteiger partial charge in [-0.3, -0.25) is 9.69 Å². The van der Waals surface area contributed by atoms with E-state index in [-0.39, 0.29) is 41.1 Å². The second kappa shape index (κ2) is 13.1. The summed E-state index contributed by atoms with van der Waals surface area (Å²) in [4.78, 5) is 13.9. The van der Waals surface area contributed by atoms with E-state index in [0.29, 0.717) is 24.0 Å². The van der Waals surface area contributed by atoms with Gasteiger partial charge < -0.3 is 25.3 Å². The number of alkyl halides is 7. The minimum absolute atomic E-state index is 0.0134. The highest BCUT2D eigenvalue weighted by Crippen LogP contribution is 2.33. The van der Waals surface area contributed by atoms with Gasteiger partial charge in [0, 0.05) is 42.3 Å². The van der Waals surface area contributed by atoms with Crippen LogP contribution in [0, 0.1) is 11.8 Å². The van der Waals surface area contributed by atoms with Gasteiger partial charge in [-0.15, -0.1) is 13.2 Å². The van der Waals surface area contributed by atoms with E-state index in [0.717, 1.165) is 10.6 Å². The van der Waals surface area contributed by atoms with Crippen molar-refractivity contribution in [3.8, 4) is 17.6 Å². The van der Waals surface area contributed by atoms with Crippen molar-refractivity contribution in [2.24, 2.45) is 0 Å². The minimum Gasteiger partial charge on any atom is -0.404 e. The first-order valence-corrected chi connectivity index (χ1v) is 14.1. The lowest BCUT2D eigenvalue weighted by atomic mass is 9.96. The molecule has 1 saturated heterocycles. The van der Waals surface area contributed by atoms with Gasteiger partial charge in [-0.25, -0.2) is 4.39 Å². The fraction of sp³-hybridized carbons (Fsp3) is 0.452. The third kappa shape index (κ3) is 8.75. The number of likely N-dealkylation sites (tertiary alicyclic amines) is 1. The largest absolute Gasteiger partial charge is 0.573 e. The fourth-order valence-electron chi connectivity index (χ4n) is 5.18. The highest BCUT2D eigenvalue weighted by atomic mass is 19.4. The summed E-state index contributed by atoms with van der Waals surface area (Å²) in [5, 5.41) is 8.57. The number of halogens is 7. The van der Waals surface area contributed by atoms with Crippen LogP contribution in [0.25, 0.3) is 10.9 Å². The van der Waals surface area contributed by atoms with Gasteiger partial charge in [0.15, 0.2) is 5.75 Å². The molecule has 3 aromatic rings. The van der Waals surface area contributed by atoms with Crippen LogP contribution in [0.4, 0.5) is 42.1 Å². The predicted octanol–water partition coefficient (Wildman–Crippen LogP) is 6.55. The van der Waals surface area contributed by atoms with Crippen LogP contribution in [0.15, 0.2) is 42.5 Å². The van der Waals surface area contributed by atoms with Gasteiger partial charge in [0.25, 0.3) is 5.91 Å². The molecule has 244 valence electrons. The molecule has 1 fully saturated rings. The Morgan fingerprint density at radius 3 is 2.40 bits per heavy atom. The maximum atomic E-state index is 15.2. The first kappa shape index (κ1) is 33.8. The quantitative estimate of drug-likeness (QED) is 0.202. The Labute approximate surface area is 256 Å². The van der Waals surface area contributed by atoms with Crippen molar-refractivity contribution in [2.75, 3.05) is 37.3 Å². The zero-order valence-electron chi connectivity index (χ0n) is 25.1. The maximum Gasteiger partial charge on any atom is 0.573 e. The summed E-state index contributed by atoms with van der Waals surface area (Å²) >= 11 is 0. The summed E-state index contributed by atoms with van der Waals surface area (Å²) in [6.07, 6.45) is -10.3. The number of anilines is 2. The number of ether oxygens (including phenoxy) is 1. The van der Waals surface area contributed by atoms with Crippen LogP contribution in [0.3, 0.4) is 0 Å². The number of fused-ring (bicyclic) bond motifs is 1. The predicted molar refractivity (Wildman–Crippen MR) is 158 cm³/mol. The Bertz CT molecular complexity index is 1580. The van der Waals surface area contributed by atoms with Crippen LogP contribution in [0.2, 0.25) is 0 Å². The Morgan fingerprint density at radius 1 is 1.04 bits per heavy atom. The SMILES string of the molecule is CNC(=O)c1ccc(NCC#Cc2cc3c(N[C@H]4CCN(C(C)(C)C)C[C@H]4F)cccc3n2CC(F)(F)F)c(OC(F)(F)F)c1. The van der Waals surface area contributed by atoms with Crippen molar-refractivity contribution >= 4 is 28.2 Å². The molecule has 2 atom stereocenters. The first-order chi connectivity index (χ1) is 20.9. The van der Waals surface area contributed by atoms with Crippen LogP contribution in [-0.4, -0.2) is 72.3 Å². The molecule has 3 N–H and O–H groups in total. The summed E-state index contributed by atoms with van der Waals surface area (Å²) in [5.41, 5.74) is 0.316. The number of benzene rings is 2. The van der Waals surface area contributed by atoms with Crippen molar-refractivity contribution < 1.29 is 40.3 Å². The number of aromatic nitrogens is 1. The second-order valence-corrected chi connectivity index (χ2v) is 11.6. The maximum absolute atomic E-state index is 15.2. The molecule has 1 aliphatic rings. The van der Waals surface area contributed by atoms with Gasteiger partial charge in [0.2, 0.25) is 0 Å². The van der Waals surface area contributed by atoms with E-state index in [1.54, 1.807) is 12.1 Å². The third-order valence-corrected chi connectivity index (χ3v) is 7.39. The molecule has 0 radical (unpaired) electrons. The lowest BCUT2D eigenvalue weighted by Gasteiger charge is -2.42. The normalized spacial score (nSPS) is 17.8. The molecule has 0 bridgehead atoms. The average molecular weight is 642 g/mol. The number of piperidine rings is 1. The molecule has 45 heavy (non-hydrogen) atoms. The molecule has 1 amide bonds. The number of hydrogen-bond acceptors (Lipinski definition) is 5. The average Bonchev–Trinajstić information content (AvgIpc) is 3.27. The van der Waals surface area contributed by atoms with Crippen LogP contribution in [0.5, 0.6) is 5.75 Å². The summed E-state index contributed by atoms with van der Waals surface area (Å²) in [5.74, 6) is 4.03. The summed E-state index contributed by atoms with van der Waals surface area (Å²) in [6.45, 7) is 5.30. The number of nitrogens with zero attached hydrogens (tertiary/aromatic N) is 2. The van der Waals surface area contributed by atoms with E-state index >= 15 is 4.39 Å². The zero-order valence-corrected chi connectivity index (χ0v) is 25.1. The van der Waals surface area contributed by atoms with Gasteiger partial charge in [0.05, 0.1) is 29.5 Å². The number of carbonyl (C=O) groups is 1. The molecule has 0 aliphatic carbocycles. The second-order valence-electron chi connectivity index (χ2n) is 11.6. The van der Waals surface area contributed by atoms with Crippen molar-refractivity contribution in [2.45, 2.75) is 64.0 Å². The molecule has 1 aromatic heterocycles. The first-order valence-electron chi connectivity index (χ1n) is 14.1. The van der Waals surface area contributed by atoms with E-state index in [4.69, 9.17) is 0 Å². The van der Waals surface area contributed by atoms with Crippen molar-refractivity contribution in [3.63, 3.8) is 0 Å². The van der Waals surface area contributed by atoms with E-state index < -0.39 is 43.0 Å². The third-order valence-electron chi connectivity index (χ3n) is 7.39. The van der Waals surface area contributed by atoms with E-state index in [9.17, 15) is 31.1 Å². The molecular formula is C31H34F7N5O2. The van der Waals surface area contributed by atoms with E-state index in [2.05, 4.69) is 32.5 Å². The summed E-state index contributed by atoms with van der Waals surface area (Å²) < 4.78 is 100. The Kier molecular flexibility index (Phi) is 9.82. The van der Waals surface area contributed by atoms with Crippen molar-refractivity contribution in [3.05, 3.63) is 53.7 Å². The van der Waals surface area contributed by atoms with Gasteiger partial charge in [-0.2, -0.15) is 13.2 Å². The number of amides is 1. The Balaban J connectivity index is 1.60. The standard InChI is InChI=1S/C31H34F7N5O2/c1-29(2,3)42-14-12-24(22(32)17-42)41-23-8-5-9-26-21(23)16-20(43(26)18-30(33,34)35)7-6-13-40-25-11-10-19(28(44)39-4)15-27(25)45-31(36,37)38/h5,8-11,15-16,22,24,40-41H,12-14,17-18H2,1-4H3,(H,39,44)/t22-,24+/m1/s1. The van der Waals surface area contributed by atoms with Crippen molar-refractivity contribution in [1.82, 2.24) is 14.8 Å². The van der Waals surface area contributed by atoms with Gasteiger partial charge in [0.1, 0.15) is 12.7 Å². The van der Waals surface area contributed by atoms with Crippen LogP contribution in [0.1, 0.15) is 43.2 Å².